The van der Waals surface area contributed by atoms with Gasteiger partial charge in [0.05, 0.1) is 12.2 Å². The van der Waals surface area contributed by atoms with Crippen molar-refractivity contribution < 1.29 is 14.4 Å². The Kier molecular flexibility index (Phi) is 7.40. The van der Waals surface area contributed by atoms with Gasteiger partial charge in [0.2, 0.25) is 0 Å². The highest BCUT2D eigenvalue weighted by Gasteiger charge is 2.16. The van der Waals surface area contributed by atoms with Gasteiger partial charge in [-0.3, -0.25) is 14.9 Å². The molecule has 154 valence electrons. The molecule has 29 heavy (non-hydrogen) atoms. The molecule has 0 aliphatic heterocycles. The summed E-state index contributed by atoms with van der Waals surface area (Å²) in [6.45, 7) is 1.03. The van der Waals surface area contributed by atoms with Gasteiger partial charge in [0.25, 0.3) is 5.91 Å². The summed E-state index contributed by atoms with van der Waals surface area (Å²) in [7, 11) is 1.54. The Balaban J connectivity index is 1.56. The van der Waals surface area contributed by atoms with Gasteiger partial charge in [-0.2, -0.15) is 0 Å². The maximum absolute atomic E-state index is 12.5. The van der Waals surface area contributed by atoms with Gasteiger partial charge in [0.15, 0.2) is 0 Å². The van der Waals surface area contributed by atoms with Crippen LogP contribution in [-0.2, 0) is 11.4 Å². The van der Waals surface area contributed by atoms with E-state index in [2.05, 4.69) is 26.4 Å². The molecule has 1 aliphatic rings. The zero-order chi connectivity index (χ0) is 20.5. The smallest absolute Gasteiger partial charge is 0.320 e. The number of carbonyl (C=O) groups excluding carboxylic acids is 2. The predicted octanol–water partition coefficient (Wildman–Crippen LogP) is 3.30. The number of aromatic nitrogens is 1. The molecule has 4 N–H and O–H groups in total. The number of para-hydroxylation sites is 1. The minimum atomic E-state index is -0.331. The first-order valence-corrected chi connectivity index (χ1v) is 9.84. The highest BCUT2D eigenvalue weighted by Crippen LogP contribution is 2.24. The molecule has 2 aromatic rings. The Hall–Kier alpha value is -3.13. The van der Waals surface area contributed by atoms with E-state index in [9.17, 15) is 9.59 Å². The second kappa shape index (κ2) is 10.4. The number of urea groups is 1. The van der Waals surface area contributed by atoms with Gasteiger partial charge >= 0.3 is 6.03 Å². The first-order valence-electron chi connectivity index (χ1n) is 9.84. The molecule has 1 aromatic carbocycles. The number of amides is 3. The number of pyridine rings is 1. The zero-order valence-corrected chi connectivity index (χ0v) is 16.5. The Morgan fingerprint density at radius 3 is 2.76 bits per heavy atom. The molecule has 0 unspecified atom stereocenters. The molecule has 8 nitrogen and oxygen atoms in total. The normalized spacial score (nSPS) is 13.7. The lowest BCUT2D eigenvalue weighted by Gasteiger charge is -2.14. The molecule has 0 atom stereocenters. The molecule has 0 saturated heterocycles. The first-order chi connectivity index (χ1) is 14.2. The summed E-state index contributed by atoms with van der Waals surface area (Å²) in [6, 6.07) is 10.6. The third-order valence-corrected chi connectivity index (χ3v) is 4.91. The van der Waals surface area contributed by atoms with Crippen molar-refractivity contribution in [1.29, 1.82) is 0 Å². The van der Waals surface area contributed by atoms with Crippen molar-refractivity contribution in [2.75, 3.05) is 24.3 Å². The Morgan fingerprint density at radius 2 is 1.97 bits per heavy atom. The van der Waals surface area contributed by atoms with Gasteiger partial charge in [0.1, 0.15) is 5.82 Å². The van der Waals surface area contributed by atoms with Crippen LogP contribution in [0.4, 0.5) is 16.3 Å². The lowest BCUT2D eigenvalue weighted by atomic mass is 10.1. The molecule has 1 aromatic heterocycles. The van der Waals surface area contributed by atoms with Crippen LogP contribution in [-0.4, -0.2) is 30.6 Å². The summed E-state index contributed by atoms with van der Waals surface area (Å²) in [5.41, 5.74) is 4.69. The third kappa shape index (κ3) is 6.18. The molecule has 3 rings (SSSR count). The third-order valence-electron chi connectivity index (χ3n) is 4.91. The number of nitrogens with one attached hydrogen (secondary N) is 4. The Morgan fingerprint density at radius 1 is 1.17 bits per heavy atom. The monoisotopic (exact) mass is 397 g/mol. The second-order valence-electron chi connectivity index (χ2n) is 7.05. The van der Waals surface area contributed by atoms with Crippen molar-refractivity contribution in [3.8, 4) is 0 Å². The van der Waals surface area contributed by atoms with E-state index in [1.165, 1.54) is 12.8 Å². The van der Waals surface area contributed by atoms with Crippen LogP contribution < -0.4 is 21.4 Å². The highest BCUT2D eigenvalue weighted by molar-refractivity contribution is 5.99. The van der Waals surface area contributed by atoms with E-state index in [1.807, 2.05) is 24.3 Å². The Bertz CT molecular complexity index is 837. The highest BCUT2D eigenvalue weighted by atomic mass is 16.6. The fourth-order valence-corrected chi connectivity index (χ4v) is 3.32. The minimum absolute atomic E-state index is 0.275. The van der Waals surface area contributed by atoms with Crippen molar-refractivity contribution in [3.05, 3.63) is 53.7 Å². The van der Waals surface area contributed by atoms with Gasteiger partial charge in [0, 0.05) is 25.5 Å². The van der Waals surface area contributed by atoms with Crippen LogP contribution in [0.2, 0.25) is 0 Å². The summed E-state index contributed by atoms with van der Waals surface area (Å²) >= 11 is 0. The number of carbonyl (C=O) groups is 2. The molecule has 1 fully saturated rings. The molecule has 0 radical (unpaired) electrons. The van der Waals surface area contributed by atoms with Gasteiger partial charge in [-0.15, -0.1) is 0 Å². The molecule has 1 heterocycles. The second-order valence-corrected chi connectivity index (χ2v) is 7.05. The number of anilines is 2. The SMILES string of the molecule is CNC(=O)Nc1cc(CNc2ccccc2C(=O)NOCC2CCCC2)ccn1. The fourth-order valence-electron chi connectivity index (χ4n) is 3.32. The lowest BCUT2D eigenvalue weighted by molar-refractivity contribution is 0.0172. The quantitative estimate of drug-likeness (QED) is 0.512. The number of nitrogens with zero attached hydrogens (tertiary/aromatic N) is 1. The number of hydrogen-bond acceptors (Lipinski definition) is 5. The number of hydrogen-bond donors (Lipinski definition) is 4. The number of rotatable bonds is 8. The van der Waals surface area contributed by atoms with Gasteiger partial charge in [-0.25, -0.2) is 15.3 Å². The fraction of sp³-hybridized carbons (Fsp3) is 0.381. The van der Waals surface area contributed by atoms with Crippen LogP contribution in [0.25, 0.3) is 0 Å². The van der Waals surface area contributed by atoms with E-state index < -0.39 is 0 Å². The molecule has 0 spiro atoms. The summed E-state index contributed by atoms with van der Waals surface area (Å²) < 4.78 is 0. The topological polar surface area (TPSA) is 104 Å². The van der Waals surface area contributed by atoms with Crippen LogP contribution >= 0.6 is 0 Å². The molecular weight excluding hydrogens is 370 g/mol. The maximum atomic E-state index is 12.5. The van der Waals surface area contributed by atoms with Crippen molar-refractivity contribution in [2.45, 2.75) is 32.2 Å². The van der Waals surface area contributed by atoms with E-state index in [-0.39, 0.29) is 11.9 Å². The maximum Gasteiger partial charge on any atom is 0.320 e. The van der Waals surface area contributed by atoms with Gasteiger partial charge < -0.3 is 10.6 Å². The van der Waals surface area contributed by atoms with Crippen molar-refractivity contribution in [2.24, 2.45) is 5.92 Å². The van der Waals surface area contributed by atoms with Crippen LogP contribution in [0.1, 0.15) is 41.6 Å². The van der Waals surface area contributed by atoms with Crippen LogP contribution in [0, 0.1) is 5.92 Å². The van der Waals surface area contributed by atoms with Crippen LogP contribution in [0.5, 0.6) is 0 Å². The van der Waals surface area contributed by atoms with Crippen molar-refractivity contribution in [1.82, 2.24) is 15.8 Å². The Labute approximate surface area is 170 Å². The van der Waals surface area contributed by atoms with Crippen molar-refractivity contribution in [3.63, 3.8) is 0 Å². The van der Waals surface area contributed by atoms with Gasteiger partial charge in [-0.1, -0.05) is 25.0 Å². The molecule has 8 heteroatoms. The van der Waals surface area contributed by atoms with Crippen LogP contribution in [0.15, 0.2) is 42.6 Å². The summed E-state index contributed by atoms with van der Waals surface area (Å²) in [5, 5.41) is 8.38. The summed E-state index contributed by atoms with van der Waals surface area (Å²) in [6.07, 6.45) is 6.43. The van der Waals surface area contributed by atoms with E-state index >= 15 is 0 Å². The van der Waals surface area contributed by atoms with E-state index in [1.54, 1.807) is 25.4 Å². The summed E-state index contributed by atoms with van der Waals surface area (Å²) in [5.74, 6) is 0.714. The van der Waals surface area contributed by atoms with E-state index in [4.69, 9.17) is 4.84 Å². The van der Waals surface area contributed by atoms with E-state index in [0.717, 1.165) is 18.4 Å². The minimum Gasteiger partial charge on any atom is -0.380 e. The van der Waals surface area contributed by atoms with E-state index in [0.29, 0.717) is 36.1 Å². The standard InChI is InChI=1S/C21H27N5O3/c1-22-21(28)25-19-12-16(10-11-23-19)13-24-18-9-5-4-8-17(18)20(27)26-29-14-15-6-2-3-7-15/h4-5,8-12,15,24H,2-3,6-7,13-14H2,1H3,(H,26,27)(H2,22,23,25,28). The van der Waals surface area contributed by atoms with Gasteiger partial charge in [-0.05, 0) is 48.6 Å². The average molecular weight is 397 g/mol. The van der Waals surface area contributed by atoms with Crippen LogP contribution in [0.3, 0.4) is 0 Å². The average Bonchev–Trinajstić information content (AvgIpc) is 3.26. The lowest BCUT2D eigenvalue weighted by Crippen LogP contribution is -2.27. The molecule has 1 aliphatic carbocycles. The summed E-state index contributed by atoms with van der Waals surface area (Å²) in [4.78, 5) is 33.5. The molecule has 3 amide bonds. The number of benzene rings is 1. The van der Waals surface area contributed by atoms with Crippen molar-refractivity contribution >= 4 is 23.4 Å². The zero-order valence-electron chi connectivity index (χ0n) is 16.5. The largest absolute Gasteiger partial charge is 0.380 e. The molecule has 0 bridgehead atoms. The molecular formula is C21H27N5O3. The molecule has 1 saturated carbocycles. The predicted molar refractivity (Wildman–Crippen MR) is 111 cm³/mol. The first kappa shape index (κ1) is 20.6. The number of hydroxylamine groups is 1.